The summed E-state index contributed by atoms with van der Waals surface area (Å²) in [6, 6.07) is 7.54. The second kappa shape index (κ2) is 5.08. The van der Waals surface area contributed by atoms with Crippen molar-refractivity contribution in [3.8, 4) is 0 Å². The Labute approximate surface area is 143 Å². The highest BCUT2D eigenvalue weighted by Crippen LogP contribution is 2.65. The SMILES string of the molecule is CC1(C)C2CCC1(C)C(NC(=O)C1Cc3ccccc3C(=O)O1)C2. The van der Waals surface area contributed by atoms with Crippen molar-refractivity contribution in [1.29, 1.82) is 0 Å². The number of cyclic esters (lactones) is 1. The lowest BCUT2D eigenvalue weighted by atomic mass is 9.69. The Morgan fingerprint density at radius 2 is 2.00 bits per heavy atom. The van der Waals surface area contributed by atoms with Gasteiger partial charge in [-0.05, 0) is 47.6 Å². The molecule has 1 N–H and O–H groups in total. The molecule has 0 radical (unpaired) electrons. The number of rotatable bonds is 2. The minimum Gasteiger partial charge on any atom is -0.448 e. The molecule has 0 aromatic heterocycles. The fourth-order valence-electron chi connectivity index (χ4n) is 5.16. The second-order valence-corrected chi connectivity index (χ2v) is 8.43. The van der Waals surface area contributed by atoms with E-state index in [0.29, 0.717) is 17.9 Å². The number of benzene rings is 1. The third-order valence-corrected chi connectivity index (χ3v) is 7.29. The van der Waals surface area contributed by atoms with Gasteiger partial charge in [-0.15, -0.1) is 0 Å². The van der Waals surface area contributed by atoms with Crippen LogP contribution in [0.5, 0.6) is 0 Å². The topological polar surface area (TPSA) is 55.4 Å². The molecule has 2 bridgehead atoms. The third-order valence-electron chi connectivity index (χ3n) is 7.29. The van der Waals surface area contributed by atoms with Crippen molar-refractivity contribution in [3.63, 3.8) is 0 Å². The van der Waals surface area contributed by atoms with E-state index in [-0.39, 0.29) is 22.8 Å². The normalized spacial score (nSPS) is 36.1. The summed E-state index contributed by atoms with van der Waals surface area (Å²) in [7, 11) is 0. The molecule has 4 rings (SSSR count). The van der Waals surface area contributed by atoms with Crippen molar-refractivity contribution in [3.05, 3.63) is 35.4 Å². The monoisotopic (exact) mass is 327 g/mol. The summed E-state index contributed by atoms with van der Waals surface area (Å²) < 4.78 is 5.40. The summed E-state index contributed by atoms with van der Waals surface area (Å²) in [5.74, 6) is 0.131. The average Bonchev–Trinajstić information content (AvgIpc) is 2.88. The molecule has 0 spiro atoms. The van der Waals surface area contributed by atoms with Crippen LogP contribution in [0.25, 0.3) is 0 Å². The van der Waals surface area contributed by atoms with Crippen molar-refractivity contribution in [1.82, 2.24) is 5.32 Å². The van der Waals surface area contributed by atoms with E-state index < -0.39 is 12.1 Å². The molecule has 3 aliphatic rings. The minimum atomic E-state index is -0.710. The van der Waals surface area contributed by atoms with Crippen LogP contribution in [-0.4, -0.2) is 24.0 Å². The number of nitrogens with one attached hydrogen (secondary N) is 1. The maximum atomic E-state index is 12.8. The summed E-state index contributed by atoms with van der Waals surface area (Å²) in [4.78, 5) is 24.9. The number of esters is 1. The van der Waals surface area contributed by atoms with Gasteiger partial charge in [0.15, 0.2) is 6.10 Å². The van der Waals surface area contributed by atoms with Crippen LogP contribution < -0.4 is 5.32 Å². The zero-order valence-corrected chi connectivity index (χ0v) is 14.6. The Morgan fingerprint density at radius 3 is 2.67 bits per heavy atom. The highest BCUT2D eigenvalue weighted by Gasteiger charge is 2.61. The van der Waals surface area contributed by atoms with Crippen molar-refractivity contribution < 1.29 is 14.3 Å². The van der Waals surface area contributed by atoms with Crippen LogP contribution in [0.2, 0.25) is 0 Å². The van der Waals surface area contributed by atoms with E-state index in [1.165, 1.54) is 6.42 Å². The Hall–Kier alpha value is -1.84. The Bertz CT molecular complexity index is 711. The number of hydrogen-bond donors (Lipinski definition) is 1. The van der Waals surface area contributed by atoms with Gasteiger partial charge in [0.2, 0.25) is 0 Å². The van der Waals surface area contributed by atoms with Crippen LogP contribution >= 0.6 is 0 Å². The highest BCUT2D eigenvalue weighted by molar-refractivity contribution is 5.95. The van der Waals surface area contributed by atoms with Gasteiger partial charge in [-0.2, -0.15) is 0 Å². The quantitative estimate of drug-likeness (QED) is 0.849. The lowest BCUT2D eigenvalue weighted by Gasteiger charge is -2.40. The molecular formula is C20H25NO3. The molecule has 4 heteroatoms. The van der Waals surface area contributed by atoms with Gasteiger partial charge in [-0.25, -0.2) is 4.79 Å². The smallest absolute Gasteiger partial charge is 0.339 e. The van der Waals surface area contributed by atoms with Gasteiger partial charge in [-0.3, -0.25) is 4.79 Å². The first kappa shape index (κ1) is 15.7. The number of hydrogen-bond acceptors (Lipinski definition) is 3. The molecule has 2 aliphatic carbocycles. The molecule has 1 aromatic carbocycles. The molecule has 4 nitrogen and oxygen atoms in total. The Morgan fingerprint density at radius 1 is 1.25 bits per heavy atom. The molecule has 2 saturated carbocycles. The van der Waals surface area contributed by atoms with E-state index in [9.17, 15) is 9.59 Å². The minimum absolute atomic E-state index is 0.129. The molecule has 2 fully saturated rings. The molecule has 0 saturated heterocycles. The van der Waals surface area contributed by atoms with Crippen LogP contribution in [0.3, 0.4) is 0 Å². The van der Waals surface area contributed by atoms with Crippen molar-refractivity contribution in [2.75, 3.05) is 0 Å². The van der Waals surface area contributed by atoms with Crippen LogP contribution in [0.4, 0.5) is 0 Å². The van der Waals surface area contributed by atoms with Crippen LogP contribution in [0, 0.1) is 16.7 Å². The predicted molar refractivity (Wildman–Crippen MR) is 90.5 cm³/mol. The van der Waals surface area contributed by atoms with Gasteiger partial charge < -0.3 is 10.1 Å². The first-order valence-electron chi connectivity index (χ1n) is 8.92. The number of ether oxygens (including phenoxy) is 1. The Kier molecular flexibility index (Phi) is 3.32. The van der Waals surface area contributed by atoms with E-state index in [2.05, 4.69) is 26.1 Å². The molecular weight excluding hydrogens is 302 g/mol. The number of carbonyl (C=O) groups is 2. The predicted octanol–water partition coefficient (Wildman–Crippen LogP) is 3.10. The highest BCUT2D eigenvalue weighted by atomic mass is 16.5. The van der Waals surface area contributed by atoms with Crippen molar-refractivity contribution >= 4 is 11.9 Å². The van der Waals surface area contributed by atoms with Gasteiger partial charge >= 0.3 is 5.97 Å². The molecule has 4 unspecified atom stereocenters. The standard InChI is InChI=1S/C20H25NO3/c1-19(2)13-8-9-20(19,3)16(11-13)21-17(22)15-10-12-6-4-5-7-14(12)18(23)24-15/h4-7,13,15-16H,8-11H2,1-3H3,(H,21,22). The van der Waals surface area contributed by atoms with E-state index in [4.69, 9.17) is 4.74 Å². The zero-order chi connectivity index (χ0) is 17.1. The van der Waals surface area contributed by atoms with Crippen LogP contribution in [0.15, 0.2) is 24.3 Å². The van der Waals surface area contributed by atoms with Gasteiger partial charge in [0.1, 0.15) is 0 Å². The molecule has 1 aromatic rings. The summed E-state index contributed by atoms with van der Waals surface area (Å²) >= 11 is 0. The summed E-state index contributed by atoms with van der Waals surface area (Å²) in [5.41, 5.74) is 1.85. The first-order valence-corrected chi connectivity index (χ1v) is 8.92. The van der Waals surface area contributed by atoms with E-state index in [1.54, 1.807) is 6.07 Å². The largest absolute Gasteiger partial charge is 0.448 e. The molecule has 128 valence electrons. The van der Waals surface area contributed by atoms with Crippen molar-refractivity contribution in [2.24, 2.45) is 16.7 Å². The summed E-state index contributed by atoms with van der Waals surface area (Å²) in [6.45, 7) is 6.95. The van der Waals surface area contributed by atoms with E-state index in [1.807, 2.05) is 18.2 Å². The fraction of sp³-hybridized carbons (Fsp3) is 0.600. The van der Waals surface area contributed by atoms with E-state index >= 15 is 0 Å². The van der Waals surface area contributed by atoms with Crippen molar-refractivity contribution in [2.45, 2.75) is 58.6 Å². The lowest BCUT2D eigenvalue weighted by Crippen LogP contribution is -2.51. The van der Waals surface area contributed by atoms with Gasteiger partial charge in [0, 0.05) is 12.5 Å². The fourth-order valence-corrected chi connectivity index (χ4v) is 5.16. The third kappa shape index (κ3) is 2.04. The molecule has 4 atom stereocenters. The van der Waals surface area contributed by atoms with E-state index in [0.717, 1.165) is 18.4 Å². The maximum Gasteiger partial charge on any atom is 0.339 e. The average molecular weight is 327 g/mol. The molecule has 24 heavy (non-hydrogen) atoms. The lowest BCUT2D eigenvalue weighted by molar-refractivity contribution is -0.132. The van der Waals surface area contributed by atoms with Crippen LogP contribution in [0.1, 0.15) is 56.0 Å². The first-order chi connectivity index (χ1) is 11.3. The van der Waals surface area contributed by atoms with Crippen LogP contribution in [-0.2, 0) is 16.0 Å². The second-order valence-electron chi connectivity index (χ2n) is 8.43. The molecule has 1 aliphatic heterocycles. The Balaban J connectivity index is 1.50. The number of carbonyl (C=O) groups excluding carboxylic acids is 2. The summed E-state index contributed by atoms with van der Waals surface area (Å²) in [6.07, 6.45) is 3.19. The maximum absolute atomic E-state index is 12.8. The number of fused-ring (bicyclic) bond motifs is 3. The number of amides is 1. The summed E-state index contributed by atoms with van der Waals surface area (Å²) in [5, 5.41) is 3.21. The van der Waals surface area contributed by atoms with Gasteiger partial charge in [0.05, 0.1) is 5.56 Å². The molecule has 1 heterocycles. The van der Waals surface area contributed by atoms with Gasteiger partial charge in [0.25, 0.3) is 5.91 Å². The zero-order valence-electron chi connectivity index (χ0n) is 14.6. The molecule has 1 amide bonds. The van der Waals surface area contributed by atoms with Gasteiger partial charge in [-0.1, -0.05) is 39.0 Å².